The van der Waals surface area contributed by atoms with Gasteiger partial charge in [-0.05, 0) is 96.3 Å². The molecule has 14 nitrogen and oxygen atoms in total. The Balaban J connectivity index is 1.79. The molecule has 0 aromatic rings. The Hall–Kier alpha value is -3.61. The fourth-order valence-electron chi connectivity index (χ4n) is 7.64. The molecule has 0 bridgehead atoms. The maximum Gasteiger partial charge on any atom is 0.306 e. The van der Waals surface area contributed by atoms with E-state index >= 15 is 0 Å². The maximum atomic E-state index is 13.0. The van der Waals surface area contributed by atoms with Crippen LogP contribution in [0.5, 0.6) is 0 Å². The van der Waals surface area contributed by atoms with Crippen molar-refractivity contribution in [2.75, 3.05) is 33.0 Å². The minimum absolute atomic E-state index is 0.00636. The molecule has 0 aliphatic carbocycles. The first-order valence-electron chi connectivity index (χ1n) is 27.1. The number of aliphatic hydroxyl groups is 7. The highest BCUT2D eigenvalue weighted by Gasteiger charge is 2.47. The van der Waals surface area contributed by atoms with Gasteiger partial charge >= 0.3 is 5.97 Å². The second kappa shape index (κ2) is 44.7. The molecular weight excluding hydrogens is 933 g/mol. The molecule has 73 heavy (non-hydrogen) atoms. The van der Waals surface area contributed by atoms with Crippen LogP contribution in [0.25, 0.3) is 0 Å². The molecule has 0 radical (unpaired) electrons. The van der Waals surface area contributed by atoms with Gasteiger partial charge in [0, 0.05) is 13.0 Å². The number of allylic oxidation sites excluding steroid dienone is 20. The van der Waals surface area contributed by atoms with Crippen LogP contribution in [-0.4, -0.2) is 142 Å². The highest BCUT2D eigenvalue weighted by atomic mass is 16.7. The van der Waals surface area contributed by atoms with E-state index < -0.39 is 86.7 Å². The molecule has 2 saturated heterocycles. The van der Waals surface area contributed by atoms with Crippen LogP contribution in [-0.2, 0) is 33.2 Å². The first-order valence-corrected chi connectivity index (χ1v) is 27.1. The normalized spacial score (nSPS) is 25.9. The number of unbranched alkanes of at least 4 members (excludes halogenated alkanes) is 7. The summed E-state index contributed by atoms with van der Waals surface area (Å²) in [4.78, 5) is 13.0. The number of carbonyl (C=O) groups is 1. The Morgan fingerprint density at radius 2 is 0.849 bits per heavy atom. The molecule has 2 heterocycles. The summed E-state index contributed by atoms with van der Waals surface area (Å²) in [7, 11) is 0. The van der Waals surface area contributed by atoms with Crippen molar-refractivity contribution >= 4 is 5.97 Å². The predicted molar refractivity (Wildman–Crippen MR) is 288 cm³/mol. The molecule has 11 atom stereocenters. The van der Waals surface area contributed by atoms with Crippen LogP contribution in [0.4, 0.5) is 0 Å². The Morgan fingerprint density at radius 1 is 0.452 bits per heavy atom. The van der Waals surface area contributed by atoms with Gasteiger partial charge in [-0.1, -0.05) is 161 Å². The summed E-state index contributed by atoms with van der Waals surface area (Å²) >= 11 is 0. The molecule has 2 aliphatic heterocycles. The summed E-state index contributed by atoms with van der Waals surface area (Å²) in [6, 6.07) is 0. The Bertz CT molecular complexity index is 1660. The SMILES string of the molecule is CC/C=C\C/C=C\C/C=C\C/C=C\C/C=C\C/C=C\CCCOCC(COC1OC(COC2OC(CO)C(O)C(O)C2O)C(O)C(O)C1O)OC(=O)CCCCCCCC/C=C\C/C=C\C/C=C\C/C=C\CC. The molecular formula is C59H94O14. The largest absolute Gasteiger partial charge is 0.457 e. The van der Waals surface area contributed by atoms with Gasteiger partial charge in [-0.3, -0.25) is 4.79 Å². The quantitative estimate of drug-likeness (QED) is 0.0173. The number of esters is 1. The van der Waals surface area contributed by atoms with Crippen molar-refractivity contribution in [3.05, 3.63) is 122 Å². The highest BCUT2D eigenvalue weighted by Crippen LogP contribution is 2.26. The topological polar surface area (TPSA) is 214 Å². The van der Waals surface area contributed by atoms with E-state index in [1.807, 2.05) is 0 Å². The van der Waals surface area contributed by atoms with E-state index in [4.69, 9.17) is 28.4 Å². The minimum Gasteiger partial charge on any atom is -0.457 e. The molecule has 0 amide bonds. The molecule has 414 valence electrons. The van der Waals surface area contributed by atoms with Crippen LogP contribution >= 0.6 is 0 Å². The van der Waals surface area contributed by atoms with Crippen molar-refractivity contribution in [2.24, 2.45) is 0 Å². The van der Waals surface area contributed by atoms with Crippen molar-refractivity contribution in [1.29, 1.82) is 0 Å². The molecule has 0 spiro atoms. The summed E-state index contributed by atoms with van der Waals surface area (Å²) < 4.78 is 34.2. The fraction of sp³-hybridized carbons (Fsp3) is 0.644. The van der Waals surface area contributed by atoms with Crippen LogP contribution < -0.4 is 0 Å². The molecule has 0 aromatic heterocycles. The Morgan fingerprint density at radius 3 is 1.33 bits per heavy atom. The van der Waals surface area contributed by atoms with Gasteiger partial charge in [0.15, 0.2) is 12.6 Å². The van der Waals surface area contributed by atoms with Crippen LogP contribution in [0.1, 0.15) is 142 Å². The lowest BCUT2D eigenvalue weighted by Crippen LogP contribution is -2.61. The average Bonchev–Trinajstić information content (AvgIpc) is 3.39. The first-order chi connectivity index (χ1) is 35.6. The lowest BCUT2D eigenvalue weighted by atomic mass is 9.98. The first kappa shape index (κ1) is 65.5. The van der Waals surface area contributed by atoms with E-state index in [9.17, 15) is 40.5 Å². The van der Waals surface area contributed by atoms with Gasteiger partial charge < -0.3 is 64.2 Å². The number of aliphatic hydroxyl groups excluding tert-OH is 7. The van der Waals surface area contributed by atoms with Gasteiger partial charge in [-0.15, -0.1) is 0 Å². The minimum atomic E-state index is -1.73. The molecule has 2 aliphatic rings. The standard InChI is InChI=1S/C59H94O14/c1-3-5-7-9-11-13-15-17-19-21-23-25-27-29-31-33-35-37-39-41-43-68-45-48(71-51(61)42-40-38-36-34-32-30-28-26-24-22-20-18-16-14-12-10-8-6-4-2)46-69-58-57(67)55(65)53(63)50(73-58)47-70-59-56(66)54(64)52(62)49(44-60)72-59/h5-8,11-14,17-20,23-26,29,31,35,37,48-50,52-60,62-67H,3-4,9-10,15-16,21-22,27-28,30,32-34,36,38-47H2,1-2H3/b7-5-,8-6-,13-11-,14-12-,19-17-,20-18-,25-23-,26-24-,31-29-,37-35-. The fourth-order valence-corrected chi connectivity index (χ4v) is 7.64. The van der Waals surface area contributed by atoms with Crippen molar-refractivity contribution in [1.82, 2.24) is 0 Å². The number of rotatable bonds is 41. The number of hydrogen-bond donors (Lipinski definition) is 7. The summed E-state index contributed by atoms with van der Waals surface area (Å²) in [5.41, 5.74) is 0. The second-order valence-electron chi connectivity index (χ2n) is 18.3. The van der Waals surface area contributed by atoms with E-state index in [1.54, 1.807) is 0 Å². The lowest BCUT2D eigenvalue weighted by Gasteiger charge is -2.42. The Kier molecular flexibility index (Phi) is 40.1. The number of ether oxygens (including phenoxy) is 6. The molecule has 0 saturated carbocycles. The van der Waals surface area contributed by atoms with Gasteiger partial charge in [-0.2, -0.15) is 0 Å². The van der Waals surface area contributed by atoms with Gasteiger partial charge in [0.05, 0.1) is 26.4 Å². The molecule has 2 rings (SSSR count). The smallest absolute Gasteiger partial charge is 0.306 e. The van der Waals surface area contributed by atoms with Crippen LogP contribution in [0.2, 0.25) is 0 Å². The third-order valence-electron chi connectivity index (χ3n) is 12.0. The highest BCUT2D eigenvalue weighted by molar-refractivity contribution is 5.69. The average molecular weight is 1030 g/mol. The van der Waals surface area contributed by atoms with E-state index in [0.29, 0.717) is 13.0 Å². The summed E-state index contributed by atoms with van der Waals surface area (Å²) in [6.45, 7) is 3.25. The van der Waals surface area contributed by atoms with E-state index in [2.05, 4.69) is 135 Å². The third kappa shape index (κ3) is 31.8. The molecule has 2 fully saturated rings. The zero-order chi connectivity index (χ0) is 53.0. The van der Waals surface area contributed by atoms with Crippen molar-refractivity contribution < 1.29 is 69.0 Å². The summed E-state index contributed by atoms with van der Waals surface area (Å²) in [6.07, 6.45) is 45.5. The molecule has 14 heteroatoms. The van der Waals surface area contributed by atoms with Crippen LogP contribution in [0.3, 0.4) is 0 Å². The summed E-state index contributed by atoms with van der Waals surface area (Å²) in [5, 5.41) is 72.3. The lowest BCUT2D eigenvalue weighted by molar-refractivity contribution is -0.332. The van der Waals surface area contributed by atoms with Gasteiger partial charge in [-0.25, -0.2) is 0 Å². The van der Waals surface area contributed by atoms with Gasteiger partial charge in [0.25, 0.3) is 0 Å². The Labute approximate surface area is 437 Å². The predicted octanol–water partition coefficient (Wildman–Crippen LogP) is 8.96. The number of carbonyl (C=O) groups excluding carboxylic acids is 1. The maximum absolute atomic E-state index is 13.0. The van der Waals surface area contributed by atoms with E-state index in [-0.39, 0.29) is 19.6 Å². The van der Waals surface area contributed by atoms with E-state index in [1.165, 1.54) is 0 Å². The zero-order valence-corrected chi connectivity index (χ0v) is 44.1. The zero-order valence-electron chi connectivity index (χ0n) is 44.1. The molecule has 11 unspecified atom stereocenters. The van der Waals surface area contributed by atoms with Gasteiger partial charge in [0.1, 0.15) is 54.9 Å². The van der Waals surface area contributed by atoms with Crippen molar-refractivity contribution in [3.63, 3.8) is 0 Å². The molecule has 7 N–H and O–H groups in total. The van der Waals surface area contributed by atoms with Crippen LogP contribution in [0, 0.1) is 0 Å². The monoisotopic (exact) mass is 1030 g/mol. The number of hydrogen-bond acceptors (Lipinski definition) is 14. The van der Waals surface area contributed by atoms with Crippen molar-refractivity contribution in [3.8, 4) is 0 Å². The molecule has 0 aromatic carbocycles. The summed E-state index contributed by atoms with van der Waals surface area (Å²) in [5.74, 6) is -0.416. The van der Waals surface area contributed by atoms with E-state index in [0.717, 1.165) is 116 Å². The third-order valence-corrected chi connectivity index (χ3v) is 12.0. The second-order valence-corrected chi connectivity index (χ2v) is 18.3. The van der Waals surface area contributed by atoms with Crippen molar-refractivity contribution in [2.45, 2.75) is 210 Å². The van der Waals surface area contributed by atoms with Gasteiger partial charge in [0.2, 0.25) is 0 Å². The van der Waals surface area contributed by atoms with Crippen LogP contribution in [0.15, 0.2) is 122 Å².